The molecule has 0 N–H and O–H groups in total. The van der Waals surface area contributed by atoms with E-state index in [1.54, 1.807) is 0 Å². The first-order chi connectivity index (χ1) is 9.53. The van der Waals surface area contributed by atoms with Crippen molar-refractivity contribution in [1.82, 2.24) is 0 Å². The molecule has 0 saturated heterocycles. The van der Waals surface area contributed by atoms with Gasteiger partial charge in [0.25, 0.3) is 0 Å². The Morgan fingerprint density at radius 2 is 1.45 bits per heavy atom. The Labute approximate surface area is 120 Å². The minimum Gasteiger partial charge on any atom is -0.293 e. The second-order valence-corrected chi connectivity index (χ2v) is 5.87. The fourth-order valence-corrected chi connectivity index (χ4v) is 3.05. The van der Waals surface area contributed by atoms with Gasteiger partial charge >= 0.3 is 0 Å². The van der Waals surface area contributed by atoms with E-state index in [9.17, 15) is 4.79 Å². The lowest BCUT2D eigenvalue weighted by atomic mass is 9.68. The van der Waals surface area contributed by atoms with Gasteiger partial charge < -0.3 is 0 Å². The first-order valence-electron chi connectivity index (χ1n) is 6.94. The predicted octanol–water partition coefficient (Wildman–Crippen LogP) is 4.48. The van der Waals surface area contributed by atoms with E-state index in [1.807, 2.05) is 63.2 Å². The first-order valence-corrected chi connectivity index (χ1v) is 6.94. The zero-order chi connectivity index (χ0) is 14.3. The fourth-order valence-electron chi connectivity index (χ4n) is 3.05. The maximum Gasteiger partial charge on any atom is 0.173 e. The molecule has 3 rings (SSSR count). The van der Waals surface area contributed by atoms with Crippen LogP contribution in [0.2, 0.25) is 0 Å². The summed E-state index contributed by atoms with van der Waals surface area (Å²) in [5.41, 5.74) is 4.79. The van der Waals surface area contributed by atoms with Crippen LogP contribution in [-0.2, 0) is 10.2 Å². The number of carbonyl (C=O) groups excluding carboxylic acids is 1. The van der Waals surface area contributed by atoms with Crippen molar-refractivity contribution in [1.29, 1.82) is 0 Å². The van der Waals surface area contributed by atoms with Crippen LogP contribution >= 0.6 is 0 Å². The van der Waals surface area contributed by atoms with Crippen LogP contribution in [0.25, 0.3) is 11.1 Å². The zero-order valence-corrected chi connectivity index (χ0v) is 12.1. The normalized spacial score (nSPS) is 17.1. The SMILES string of the molecule is CC1=C(c2ccccc2)C(=O)C(C)(C)c2ccccc21. The number of rotatable bonds is 1. The minimum atomic E-state index is -0.471. The van der Waals surface area contributed by atoms with E-state index in [0.717, 1.165) is 22.3 Å². The van der Waals surface area contributed by atoms with Crippen LogP contribution in [0, 0.1) is 0 Å². The quantitative estimate of drug-likeness (QED) is 0.740. The standard InChI is InChI=1S/C19H18O/c1-13-15-11-7-8-12-16(15)19(2,3)18(20)17(13)14-9-5-4-6-10-14/h4-12H,1-3H3. The van der Waals surface area contributed by atoms with E-state index < -0.39 is 5.41 Å². The molecule has 2 aromatic rings. The highest BCUT2D eigenvalue weighted by molar-refractivity contribution is 6.33. The molecular formula is C19H18O. The third-order valence-corrected chi connectivity index (χ3v) is 4.24. The monoisotopic (exact) mass is 262 g/mol. The van der Waals surface area contributed by atoms with Crippen LogP contribution in [-0.4, -0.2) is 5.78 Å². The van der Waals surface area contributed by atoms with E-state index in [-0.39, 0.29) is 5.78 Å². The number of carbonyl (C=O) groups is 1. The molecule has 1 aliphatic carbocycles. The van der Waals surface area contributed by atoms with Gasteiger partial charge in [-0.2, -0.15) is 0 Å². The summed E-state index contributed by atoms with van der Waals surface area (Å²) in [6, 6.07) is 18.2. The predicted molar refractivity (Wildman–Crippen MR) is 83.4 cm³/mol. The molecule has 0 aliphatic heterocycles. The molecule has 0 unspecified atom stereocenters. The number of fused-ring (bicyclic) bond motifs is 1. The molecule has 0 aromatic heterocycles. The van der Waals surface area contributed by atoms with Crippen molar-refractivity contribution < 1.29 is 4.79 Å². The third-order valence-electron chi connectivity index (χ3n) is 4.24. The van der Waals surface area contributed by atoms with Gasteiger partial charge in [0.15, 0.2) is 5.78 Å². The Hall–Kier alpha value is -2.15. The molecule has 0 atom stereocenters. The Balaban J connectivity index is 2.33. The van der Waals surface area contributed by atoms with Crippen LogP contribution in [0.3, 0.4) is 0 Å². The van der Waals surface area contributed by atoms with Crippen molar-refractivity contribution in [3.05, 3.63) is 71.3 Å². The molecule has 100 valence electrons. The fraction of sp³-hybridized carbons (Fsp3) is 0.211. The van der Waals surface area contributed by atoms with Crippen LogP contribution in [0.5, 0.6) is 0 Å². The maximum atomic E-state index is 13.0. The summed E-state index contributed by atoms with van der Waals surface area (Å²) in [4.78, 5) is 13.0. The topological polar surface area (TPSA) is 17.1 Å². The second kappa shape index (κ2) is 4.45. The Bertz CT molecular complexity index is 706. The van der Waals surface area contributed by atoms with E-state index in [0.29, 0.717) is 0 Å². The molecule has 0 heterocycles. The van der Waals surface area contributed by atoms with Crippen LogP contribution in [0.1, 0.15) is 37.5 Å². The summed E-state index contributed by atoms with van der Waals surface area (Å²) in [6.45, 7) is 6.08. The minimum absolute atomic E-state index is 0.208. The Kier molecular flexibility index (Phi) is 2.86. The average Bonchev–Trinajstić information content (AvgIpc) is 2.47. The van der Waals surface area contributed by atoms with Gasteiger partial charge in [-0.15, -0.1) is 0 Å². The molecule has 0 saturated carbocycles. The summed E-state index contributed by atoms with van der Waals surface area (Å²) in [5, 5.41) is 0. The van der Waals surface area contributed by atoms with Gasteiger partial charge in [0, 0.05) is 5.57 Å². The Morgan fingerprint density at radius 3 is 2.15 bits per heavy atom. The Morgan fingerprint density at radius 1 is 0.850 bits per heavy atom. The third kappa shape index (κ3) is 1.74. The van der Waals surface area contributed by atoms with Crippen LogP contribution in [0.15, 0.2) is 54.6 Å². The van der Waals surface area contributed by atoms with Crippen LogP contribution in [0.4, 0.5) is 0 Å². The van der Waals surface area contributed by atoms with Gasteiger partial charge in [-0.05, 0) is 43.0 Å². The van der Waals surface area contributed by atoms with Gasteiger partial charge in [0.1, 0.15) is 0 Å². The lowest BCUT2D eigenvalue weighted by Crippen LogP contribution is -2.34. The second-order valence-electron chi connectivity index (χ2n) is 5.87. The van der Waals surface area contributed by atoms with Gasteiger partial charge in [-0.25, -0.2) is 0 Å². The van der Waals surface area contributed by atoms with Gasteiger partial charge in [0.2, 0.25) is 0 Å². The molecule has 0 radical (unpaired) electrons. The number of benzene rings is 2. The van der Waals surface area contributed by atoms with Crippen molar-refractivity contribution >= 4 is 16.9 Å². The molecule has 2 aromatic carbocycles. The number of hydrogen-bond donors (Lipinski definition) is 0. The molecule has 0 spiro atoms. The van der Waals surface area contributed by atoms with Crippen molar-refractivity contribution in [3.63, 3.8) is 0 Å². The van der Waals surface area contributed by atoms with Crippen molar-refractivity contribution in [2.45, 2.75) is 26.2 Å². The zero-order valence-electron chi connectivity index (χ0n) is 12.1. The molecule has 0 bridgehead atoms. The number of allylic oxidation sites excluding steroid dienone is 2. The van der Waals surface area contributed by atoms with Crippen molar-refractivity contribution in [3.8, 4) is 0 Å². The molecule has 1 heteroatoms. The van der Waals surface area contributed by atoms with Crippen molar-refractivity contribution in [2.75, 3.05) is 0 Å². The number of hydrogen-bond acceptors (Lipinski definition) is 1. The van der Waals surface area contributed by atoms with Gasteiger partial charge in [0.05, 0.1) is 5.41 Å². The highest BCUT2D eigenvalue weighted by Gasteiger charge is 2.39. The lowest BCUT2D eigenvalue weighted by Gasteiger charge is -2.33. The summed E-state index contributed by atoms with van der Waals surface area (Å²) in [7, 11) is 0. The summed E-state index contributed by atoms with van der Waals surface area (Å²) in [6.07, 6.45) is 0. The largest absolute Gasteiger partial charge is 0.293 e. The van der Waals surface area contributed by atoms with Gasteiger partial charge in [-0.1, -0.05) is 54.6 Å². The highest BCUT2D eigenvalue weighted by Crippen LogP contribution is 2.43. The molecule has 1 nitrogen and oxygen atoms in total. The van der Waals surface area contributed by atoms with Crippen molar-refractivity contribution in [2.24, 2.45) is 0 Å². The number of Topliss-reactive ketones (excluding diaryl/α,β-unsaturated/α-hetero) is 1. The van der Waals surface area contributed by atoms with Crippen LogP contribution < -0.4 is 0 Å². The van der Waals surface area contributed by atoms with E-state index in [4.69, 9.17) is 0 Å². The summed E-state index contributed by atoms with van der Waals surface area (Å²) >= 11 is 0. The maximum absolute atomic E-state index is 13.0. The van der Waals surface area contributed by atoms with E-state index >= 15 is 0 Å². The van der Waals surface area contributed by atoms with E-state index in [1.165, 1.54) is 5.56 Å². The first kappa shape index (κ1) is 12.9. The molecule has 0 fully saturated rings. The molecular weight excluding hydrogens is 244 g/mol. The smallest absolute Gasteiger partial charge is 0.173 e. The molecule has 1 aliphatic rings. The summed E-state index contributed by atoms with van der Waals surface area (Å²) < 4.78 is 0. The number of ketones is 1. The average molecular weight is 262 g/mol. The lowest BCUT2D eigenvalue weighted by molar-refractivity contribution is -0.118. The molecule has 0 amide bonds. The summed E-state index contributed by atoms with van der Waals surface area (Å²) in [5.74, 6) is 0.208. The molecule has 20 heavy (non-hydrogen) atoms. The highest BCUT2D eigenvalue weighted by atomic mass is 16.1. The van der Waals surface area contributed by atoms with E-state index in [2.05, 4.69) is 12.1 Å². The van der Waals surface area contributed by atoms with Gasteiger partial charge in [-0.3, -0.25) is 4.79 Å².